The van der Waals surface area contributed by atoms with Gasteiger partial charge in [-0.25, -0.2) is 14.8 Å². The Balaban J connectivity index is 2.41. The van der Waals surface area contributed by atoms with Gasteiger partial charge < -0.3 is 9.84 Å². The summed E-state index contributed by atoms with van der Waals surface area (Å²) in [5.41, 5.74) is -0.108. The molecule has 132 valence electrons. The summed E-state index contributed by atoms with van der Waals surface area (Å²) < 4.78 is 5.40. The number of nitrogens with zero attached hydrogens (tertiary/aromatic N) is 3. The third-order valence-electron chi connectivity index (χ3n) is 3.08. The molecule has 0 aliphatic carbocycles. The van der Waals surface area contributed by atoms with Gasteiger partial charge in [0.2, 0.25) is 5.88 Å². The Labute approximate surface area is 150 Å². The largest absolute Gasteiger partial charge is 0.493 e. The summed E-state index contributed by atoms with van der Waals surface area (Å²) in [4.78, 5) is 32.6. The number of carbonyl (C=O) groups is 2. The highest BCUT2D eigenvalue weighted by molar-refractivity contribution is 6.31. The number of rotatable bonds is 4. The van der Waals surface area contributed by atoms with Gasteiger partial charge in [-0.3, -0.25) is 9.69 Å². The molecule has 1 amide bonds. The third-order valence-corrected chi connectivity index (χ3v) is 3.38. The Bertz CT molecular complexity index is 790. The number of carbonyl (C=O) groups excluding carboxylic acids is 2. The summed E-state index contributed by atoms with van der Waals surface area (Å²) in [5.74, 6) is -0.0141. The van der Waals surface area contributed by atoms with Gasteiger partial charge in [-0.2, -0.15) is 0 Å². The molecule has 0 radical (unpaired) electrons. The van der Waals surface area contributed by atoms with Crippen LogP contribution in [0.4, 0.5) is 10.6 Å². The van der Waals surface area contributed by atoms with Gasteiger partial charge in [-0.05, 0) is 39.0 Å². The minimum absolute atomic E-state index is 0.0294. The first-order valence-electron chi connectivity index (χ1n) is 7.46. The van der Waals surface area contributed by atoms with Crippen LogP contribution in [0.3, 0.4) is 0 Å². The van der Waals surface area contributed by atoms with Crippen LogP contribution in [0.1, 0.15) is 36.7 Å². The number of amides is 1. The fraction of sp³-hybridized carbons (Fsp3) is 0.294. The molecule has 25 heavy (non-hydrogen) atoms. The zero-order valence-electron chi connectivity index (χ0n) is 14.1. The fourth-order valence-corrected chi connectivity index (χ4v) is 2.15. The second-order valence-electron chi connectivity index (χ2n) is 6.22. The van der Waals surface area contributed by atoms with Crippen LogP contribution in [-0.4, -0.2) is 33.1 Å². The van der Waals surface area contributed by atoms with E-state index in [4.69, 9.17) is 16.3 Å². The van der Waals surface area contributed by atoms with Gasteiger partial charge in [-0.1, -0.05) is 17.7 Å². The van der Waals surface area contributed by atoms with Crippen LogP contribution in [-0.2, 0) is 11.3 Å². The minimum atomic E-state index is -0.723. The molecule has 2 heterocycles. The molecular weight excluding hydrogens is 346 g/mol. The van der Waals surface area contributed by atoms with Crippen molar-refractivity contribution in [2.24, 2.45) is 0 Å². The molecule has 0 unspecified atom stereocenters. The Hall–Kier alpha value is -2.67. The summed E-state index contributed by atoms with van der Waals surface area (Å²) in [6, 6.07) is 6.20. The standard InChI is InChI=1S/C17H18ClN3O4/c1-17(2,3)25-16(24)21(9-11-5-4-8-19-15(11)23)13-7-6-12(10-22)14(18)20-13/h4-8,10H,9H2,1-3H3,(H,19,23). The second-order valence-corrected chi connectivity index (χ2v) is 6.58. The molecule has 0 saturated carbocycles. The van der Waals surface area contributed by atoms with E-state index < -0.39 is 11.7 Å². The fourth-order valence-electron chi connectivity index (χ4n) is 1.95. The Morgan fingerprint density at radius 2 is 2.08 bits per heavy atom. The van der Waals surface area contributed by atoms with Gasteiger partial charge in [0.1, 0.15) is 16.6 Å². The summed E-state index contributed by atoms with van der Waals surface area (Å²) in [6.07, 6.45) is 1.34. The number of aldehydes is 1. The van der Waals surface area contributed by atoms with Crippen LogP contribution in [0.25, 0.3) is 0 Å². The number of hydrogen-bond acceptors (Lipinski definition) is 6. The van der Waals surface area contributed by atoms with Crippen LogP contribution in [0.5, 0.6) is 5.88 Å². The van der Waals surface area contributed by atoms with Gasteiger partial charge in [0.05, 0.1) is 12.1 Å². The first kappa shape index (κ1) is 18.7. The van der Waals surface area contributed by atoms with Gasteiger partial charge >= 0.3 is 6.09 Å². The first-order chi connectivity index (χ1) is 11.7. The molecule has 8 heteroatoms. The number of pyridine rings is 2. The summed E-state index contributed by atoms with van der Waals surface area (Å²) in [6.45, 7) is 5.18. The van der Waals surface area contributed by atoms with E-state index in [1.54, 1.807) is 32.9 Å². The van der Waals surface area contributed by atoms with Crippen molar-refractivity contribution in [2.45, 2.75) is 32.9 Å². The van der Waals surface area contributed by atoms with Crippen molar-refractivity contribution in [3.05, 3.63) is 46.7 Å². The van der Waals surface area contributed by atoms with E-state index in [1.807, 2.05) is 0 Å². The molecule has 0 atom stereocenters. The van der Waals surface area contributed by atoms with E-state index in [-0.39, 0.29) is 29.0 Å². The molecule has 0 fully saturated rings. The summed E-state index contributed by atoms with van der Waals surface area (Å²) in [7, 11) is 0. The zero-order valence-corrected chi connectivity index (χ0v) is 14.8. The van der Waals surface area contributed by atoms with E-state index in [9.17, 15) is 14.7 Å². The van der Waals surface area contributed by atoms with E-state index in [2.05, 4.69) is 9.97 Å². The molecule has 2 aromatic heterocycles. The number of aromatic nitrogens is 2. The van der Waals surface area contributed by atoms with Crippen molar-refractivity contribution in [1.82, 2.24) is 9.97 Å². The molecule has 1 N–H and O–H groups in total. The smallest absolute Gasteiger partial charge is 0.416 e. The monoisotopic (exact) mass is 363 g/mol. The van der Waals surface area contributed by atoms with Crippen molar-refractivity contribution in [3.63, 3.8) is 0 Å². The van der Waals surface area contributed by atoms with Crippen molar-refractivity contribution in [3.8, 4) is 5.88 Å². The molecule has 0 bridgehead atoms. The molecule has 0 aromatic carbocycles. The third kappa shape index (κ3) is 4.90. The quantitative estimate of drug-likeness (QED) is 0.659. The van der Waals surface area contributed by atoms with Crippen molar-refractivity contribution >= 4 is 29.8 Å². The zero-order chi connectivity index (χ0) is 18.6. The molecule has 0 saturated heterocycles. The number of anilines is 1. The van der Waals surface area contributed by atoms with E-state index in [0.29, 0.717) is 11.8 Å². The Kier molecular flexibility index (Phi) is 5.58. The van der Waals surface area contributed by atoms with Crippen molar-refractivity contribution < 1.29 is 19.4 Å². The van der Waals surface area contributed by atoms with Crippen molar-refractivity contribution in [1.29, 1.82) is 0 Å². The van der Waals surface area contributed by atoms with Gasteiger partial charge in [0.25, 0.3) is 0 Å². The SMILES string of the molecule is CC(C)(C)OC(=O)N(Cc1cccnc1O)c1ccc(C=O)c(Cl)n1. The van der Waals surface area contributed by atoms with E-state index in [1.165, 1.54) is 23.2 Å². The van der Waals surface area contributed by atoms with Crippen LogP contribution in [0.15, 0.2) is 30.5 Å². The van der Waals surface area contributed by atoms with E-state index >= 15 is 0 Å². The molecule has 0 aliphatic heterocycles. The van der Waals surface area contributed by atoms with Crippen LogP contribution >= 0.6 is 11.6 Å². The lowest BCUT2D eigenvalue weighted by atomic mass is 10.2. The average Bonchev–Trinajstić information content (AvgIpc) is 2.52. The van der Waals surface area contributed by atoms with Crippen LogP contribution in [0, 0.1) is 0 Å². The molecule has 0 spiro atoms. The molecule has 2 aromatic rings. The maximum Gasteiger partial charge on any atom is 0.416 e. The lowest BCUT2D eigenvalue weighted by molar-refractivity contribution is 0.0576. The van der Waals surface area contributed by atoms with Crippen LogP contribution in [0.2, 0.25) is 5.15 Å². The number of aromatic hydroxyl groups is 1. The normalized spacial score (nSPS) is 11.0. The van der Waals surface area contributed by atoms with Gasteiger partial charge in [-0.15, -0.1) is 0 Å². The van der Waals surface area contributed by atoms with E-state index in [0.717, 1.165) is 0 Å². The minimum Gasteiger partial charge on any atom is -0.493 e. The predicted molar refractivity (Wildman–Crippen MR) is 93.0 cm³/mol. The number of ether oxygens (including phenoxy) is 1. The van der Waals surface area contributed by atoms with Crippen molar-refractivity contribution in [2.75, 3.05) is 4.90 Å². The average molecular weight is 364 g/mol. The lowest BCUT2D eigenvalue weighted by Crippen LogP contribution is -2.37. The first-order valence-corrected chi connectivity index (χ1v) is 7.84. The van der Waals surface area contributed by atoms with Crippen LogP contribution < -0.4 is 4.90 Å². The highest BCUT2D eigenvalue weighted by Gasteiger charge is 2.26. The van der Waals surface area contributed by atoms with Gasteiger partial charge in [0.15, 0.2) is 6.29 Å². The lowest BCUT2D eigenvalue weighted by Gasteiger charge is -2.27. The molecule has 7 nitrogen and oxygen atoms in total. The molecular formula is C17H18ClN3O4. The highest BCUT2D eigenvalue weighted by Crippen LogP contribution is 2.24. The summed E-state index contributed by atoms with van der Waals surface area (Å²) >= 11 is 5.96. The Morgan fingerprint density at radius 1 is 1.36 bits per heavy atom. The van der Waals surface area contributed by atoms with Gasteiger partial charge in [0, 0.05) is 11.8 Å². The maximum absolute atomic E-state index is 12.6. The topological polar surface area (TPSA) is 92.6 Å². The highest BCUT2D eigenvalue weighted by atomic mass is 35.5. The number of hydrogen-bond donors (Lipinski definition) is 1. The predicted octanol–water partition coefficient (Wildman–Crippen LogP) is 3.59. The summed E-state index contributed by atoms with van der Waals surface area (Å²) in [5, 5.41) is 9.84. The maximum atomic E-state index is 12.6. The molecule has 2 rings (SSSR count). The second kappa shape index (κ2) is 7.48. The Morgan fingerprint density at radius 3 is 2.64 bits per heavy atom. The molecule has 0 aliphatic rings. The number of halogens is 1.